The summed E-state index contributed by atoms with van der Waals surface area (Å²) in [4.78, 5) is 12.1. The second-order valence-electron chi connectivity index (χ2n) is 7.56. The Kier molecular flexibility index (Phi) is 10.2. The Morgan fingerprint density at radius 3 is 2.38 bits per heavy atom. The molecule has 2 rings (SSSR count). The average molecular weight is 360 g/mol. The summed E-state index contributed by atoms with van der Waals surface area (Å²) in [5.41, 5.74) is 2.23. The highest BCUT2D eigenvalue weighted by molar-refractivity contribution is 5.89. The zero-order valence-electron chi connectivity index (χ0n) is 16.5. The molecule has 4 nitrogen and oxygen atoms in total. The van der Waals surface area contributed by atoms with Gasteiger partial charge in [0.25, 0.3) is 0 Å². The van der Waals surface area contributed by atoms with Crippen LogP contribution in [0.15, 0.2) is 24.3 Å². The number of unbranched alkanes of at least 4 members (excludes halogenated alkanes) is 7. The molecule has 4 heteroatoms. The Labute approximate surface area is 159 Å². The van der Waals surface area contributed by atoms with Gasteiger partial charge in [-0.2, -0.15) is 0 Å². The Morgan fingerprint density at radius 1 is 1.04 bits per heavy atom. The SMILES string of the molecule is CCCCCCCCCCc1ccc(NC(=O)N[C@H]2CCCNC2)cc1. The van der Waals surface area contributed by atoms with E-state index < -0.39 is 0 Å². The van der Waals surface area contributed by atoms with Gasteiger partial charge in [0, 0.05) is 18.3 Å². The Hall–Kier alpha value is -1.55. The lowest BCUT2D eigenvalue weighted by molar-refractivity contribution is 0.245. The minimum atomic E-state index is -0.102. The van der Waals surface area contributed by atoms with E-state index in [1.54, 1.807) is 0 Å². The Balaban J connectivity index is 1.57. The van der Waals surface area contributed by atoms with E-state index in [0.717, 1.165) is 38.0 Å². The maximum Gasteiger partial charge on any atom is 0.319 e. The van der Waals surface area contributed by atoms with Crippen molar-refractivity contribution in [3.8, 4) is 0 Å². The minimum absolute atomic E-state index is 0.102. The third kappa shape index (κ3) is 8.70. The van der Waals surface area contributed by atoms with Gasteiger partial charge in [-0.3, -0.25) is 0 Å². The molecule has 2 amide bonds. The number of hydrogen-bond acceptors (Lipinski definition) is 2. The first-order valence-corrected chi connectivity index (χ1v) is 10.6. The predicted octanol–water partition coefficient (Wildman–Crippen LogP) is 5.24. The molecule has 26 heavy (non-hydrogen) atoms. The first-order valence-electron chi connectivity index (χ1n) is 10.6. The van der Waals surface area contributed by atoms with Crippen molar-refractivity contribution in [3.05, 3.63) is 29.8 Å². The molecule has 1 atom stereocenters. The van der Waals surface area contributed by atoms with E-state index in [1.807, 2.05) is 12.1 Å². The van der Waals surface area contributed by atoms with Crippen molar-refractivity contribution in [3.63, 3.8) is 0 Å². The van der Waals surface area contributed by atoms with Gasteiger partial charge in [-0.05, 0) is 49.9 Å². The zero-order chi connectivity index (χ0) is 18.5. The van der Waals surface area contributed by atoms with E-state index in [2.05, 4.69) is 35.0 Å². The van der Waals surface area contributed by atoms with E-state index in [-0.39, 0.29) is 12.1 Å². The summed E-state index contributed by atoms with van der Waals surface area (Å²) in [6.07, 6.45) is 14.1. The van der Waals surface area contributed by atoms with Crippen LogP contribution in [-0.4, -0.2) is 25.2 Å². The van der Waals surface area contributed by atoms with Gasteiger partial charge < -0.3 is 16.0 Å². The molecule has 1 fully saturated rings. The van der Waals surface area contributed by atoms with E-state index in [9.17, 15) is 4.79 Å². The van der Waals surface area contributed by atoms with Gasteiger partial charge in [-0.25, -0.2) is 4.79 Å². The number of carbonyl (C=O) groups is 1. The first-order chi connectivity index (χ1) is 12.8. The van der Waals surface area contributed by atoms with Crippen LogP contribution in [0.2, 0.25) is 0 Å². The number of rotatable bonds is 11. The molecule has 3 N–H and O–H groups in total. The molecule has 1 heterocycles. The van der Waals surface area contributed by atoms with Gasteiger partial charge >= 0.3 is 6.03 Å². The van der Waals surface area contributed by atoms with Crippen LogP contribution in [0.25, 0.3) is 0 Å². The molecule has 1 aliphatic rings. The predicted molar refractivity (Wildman–Crippen MR) is 111 cm³/mol. The largest absolute Gasteiger partial charge is 0.334 e. The molecule has 146 valence electrons. The van der Waals surface area contributed by atoms with Gasteiger partial charge in [-0.15, -0.1) is 0 Å². The fraction of sp³-hybridized carbons (Fsp3) is 0.682. The molecule has 1 saturated heterocycles. The number of urea groups is 1. The number of nitrogens with one attached hydrogen (secondary N) is 3. The molecule has 0 unspecified atom stereocenters. The maximum atomic E-state index is 12.1. The summed E-state index contributed by atoms with van der Waals surface area (Å²) in [6, 6.07) is 8.44. The second kappa shape index (κ2) is 12.7. The second-order valence-corrected chi connectivity index (χ2v) is 7.56. The van der Waals surface area contributed by atoms with Gasteiger partial charge in [0.15, 0.2) is 0 Å². The highest BCUT2D eigenvalue weighted by Gasteiger charge is 2.15. The first kappa shape index (κ1) is 20.8. The molecule has 0 bridgehead atoms. The smallest absolute Gasteiger partial charge is 0.319 e. The molecule has 0 aromatic heterocycles. The summed E-state index contributed by atoms with van der Waals surface area (Å²) < 4.78 is 0. The number of aryl methyl sites for hydroxylation is 1. The van der Waals surface area contributed by atoms with E-state index >= 15 is 0 Å². The number of amides is 2. The van der Waals surface area contributed by atoms with Gasteiger partial charge in [0.1, 0.15) is 0 Å². The van der Waals surface area contributed by atoms with E-state index in [4.69, 9.17) is 0 Å². The van der Waals surface area contributed by atoms with Crippen LogP contribution in [0.3, 0.4) is 0 Å². The van der Waals surface area contributed by atoms with Crippen LogP contribution in [0.5, 0.6) is 0 Å². The summed E-state index contributed by atoms with van der Waals surface area (Å²) in [5.74, 6) is 0. The highest BCUT2D eigenvalue weighted by atomic mass is 16.2. The van der Waals surface area contributed by atoms with Crippen molar-refractivity contribution in [2.75, 3.05) is 18.4 Å². The van der Waals surface area contributed by atoms with Gasteiger partial charge in [-0.1, -0.05) is 64.0 Å². The van der Waals surface area contributed by atoms with Crippen LogP contribution < -0.4 is 16.0 Å². The lowest BCUT2D eigenvalue weighted by Gasteiger charge is -2.23. The number of piperidine rings is 1. The van der Waals surface area contributed by atoms with Crippen molar-refractivity contribution in [2.24, 2.45) is 0 Å². The Bertz CT molecular complexity index is 495. The molecule has 0 saturated carbocycles. The van der Waals surface area contributed by atoms with Crippen molar-refractivity contribution in [2.45, 2.75) is 83.6 Å². The molecular formula is C22H37N3O. The monoisotopic (exact) mass is 359 g/mol. The third-order valence-electron chi connectivity index (χ3n) is 5.16. The summed E-state index contributed by atoms with van der Waals surface area (Å²) >= 11 is 0. The van der Waals surface area contributed by atoms with Crippen molar-refractivity contribution in [1.29, 1.82) is 0 Å². The number of benzene rings is 1. The van der Waals surface area contributed by atoms with Crippen LogP contribution >= 0.6 is 0 Å². The molecule has 0 spiro atoms. The minimum Gasteiger partial charge on any atom is -0.334 e. The van der Waals surface area contributed by atoms with Crippen molar-refractivity contribution < 1.29 is 4.79 Å². The Morgan fingerprint density at radius 2 is 1.73 bits per heavy atom. The number of anilines is 1. The fourth-order valence-electron chi connectivity index (χ4n) is 3.55. The average Bonchev–Trinajstić information content (AvgIpc) is 2.66. The molecule has 1 aromatic carbocycles. The quantitative estimate of drug-likeness (QED) is 0.473. The van der Waals surface area contributed by atoms with Crippen LogP contribution in [-0.2, 0) is 6.42 Å². The molecule has 1 aromatic rings. The topological polar surface area (TPSA) is 53.2 Å². The van der Waals surface area contributed by atoms with Crippen LogP contribution in [0, 0.1) is 0 Å². The number of hydrogen-bond donors (Lipinski definition) is 3. The van der Waals surface area contributed by atoms with Crippen LogP contribution in [0.4, 0.5) is 10.5 Å². The molecule has 0 aliphatic carbocycles. The summed E-state index contributed by atoms with van der Waals surface area (Å²) in [5, 5.41) is 9.29. The molecule has 0 radical (unpaired) electrons. The molecule has 1 aliphatic heterocycles. The van der Waals surface area contributed by atoms with Gasteiger partial charge in [0.2, 0.25) is 0 Å². The zero-order valence-corrected chi connectivity index (χ0v) is 16.5. The van der Waals surface area contributed by atoms with E-state index in [0.29, 0.717) is 0 Å². The maximum absolute atomic E-state index is 12.1. The van der Waals surface area contributed by atoms with Gasteiger partial charge in [0.05, 0.1) is 0 Å². The number of carbonyl (C=O) groups excluding carboxylic acids is 1. The van der Waals surface area contributed by atoms with Crippen LogP contribution in [0.1, 0.15) is 76.7 Å². The summed E-state index contributed by atoms with van der Waals surface area (Å²) in [6.45, 7) is 4.19. The lowest BCUT2D eigenvalue weighted by Crippen LogP contribution is -2.47. The van der Waals surface area contributed by atoms with E-state index in [1.165, 1.54) is 56.9 Å². The standard InChI is InChI=1S/C22H37N3O/c1-2-3-4-5-6-7-8-9-11-19-13-15-20(16-14-19)24-22(26)25-21-12-10-17-23-18-21/h13-16,21,23H,2-12,17-18H2,1H3,(H2,24,25,26)/t21-/m0/s1. The van der Waals surface area contributed by atoms with Crippen molar-refractivity contribution in [1.82, 2.24) is 10.6 Å². The fourth-order valence-corrected chi connectivity index (χ4v) is 3.55. The highest BCUT2D eigenvalue weighted by Crippen LogP contribution is 2.14. The summed E-state index contributed by atoms with van der Waals surface area (Å²) in [7, 11) is 0. The lowest BCUT2D eigenvalue weighted by atomic mass is 10.0. The molecular weight excluding hydrogens is 322 g/mol. The van der Waals surface area contributed by atoms with Crippen molar-refractivity contribution >= 4 is 11.7 Å². The normalized spacial score (nSPS) is 17.0. The third-order valence-corrected chi connectivity index (χ3v) is 5.16.